The van der Waals surface area contributed by atoms with Gasteiger partial charge in [-0.1, -0.05) is 30.0 Å². The summed E-state index contributed by atoms with van der Waals surface area (Å²) in [5.74, 6) is -0.882. The second-order valence-electron chi connectivity index (χ2n) is 6.66. The van der Waals surface area contributed by atoms with Crippen LogP contribution in [0, 0.1) is 0 Å². The fourth-order valence-electron chi connectivity index (χ4n) is 2.92. The first-order chi connectivity index (χ1) is 15.4. The topological polar surface area (TPSA) is 64.0 Å². The van der Waals surface area contributed by atoms with Crippen LogP contribution >= 0.6 is 11.8 Å². The Kier molecular flexibility index (Phi) is 6.86. The number of carbonyl (C=O) groups excluding carboxylic acids is 1. The van der Waals surface area contributed by atoms with Crippen LogP contribution < -0.4 is 10.9 Å². The molecule has 1 heterocycles. The molecule has 0 aliphatic heterocycles. The predicted molar refractivity (Wildman–Crippen MR) is 111 cm³/mol. The molecule has 0 fully saturated rings. The second-order valence-corrected chi connectivity index (χ2v) is 7.60. The van der Waals surface area contributed by atoms with Crippen molar-refractivity contribution in [1.82, 2.24) is 14.9 Å². The molecular weight excluding hydrogens is 472 g/mol. The first kappa shape index (κ1) is 24.4. The Morgan fingerprint density at radius 3 is 2.42 bits per heavy atom. The van der Waals surface area contributed by atoms with Gasteiger partial charge in [0.25, 0.3) is 5.56 Å². The van der Waals surface area contributed by atoms with Crippen molar-refractivity contribution < 1.29 is 31.1 Å². The van der Waals surface area contributed by atoms with E-state index >= 15 is 0 Å². The van der Waals surface area contributed by atoms with E-state index in [-0.39, 0.29) is 40.5 Å². The van der Waals surface area contributed by atoms with Crippen LogP contribution in [0.25, 0.3) is 16.6 Å². The average molecular weight is 487 g/mol. The van der Waals surface area contributed by atoms with Crippen LogP contribution in [0.2, 0.25) is 0 Å². The molecule has 0 radical (unpaired) electrons. The minimum atomic E-state index is -5.06. The Labute approximate surface area is 187 Å². The molecule has 3 aromatic rings. The van der Waals surface area contributed by atoms with Crippen LogP contribution in [0.4, 0.5) is 26.3 Å². The van der Waals surface area contributed by atoms with Gasteiger partial charge in [-0.15, -0.1) is 6.58 Å². The van der Waals surface area contributed by atoms with Crippen molar-refractivity contribution in [2.75, 3.05) is 12.3 Å². The zero-order valence-corrected chi connectivity index (χ0v) is 17.4. The van der Waals surface area contributed by atoms with Crippen molar-refractivity contribution in [3.63, 3.8) is 0 Å². The minimum Gasteiger partial charge on any atom is -0.352 e. The largest absolute Gasteiger partial charge is 0.418 e. The summed E-state index contributed by atoms with van der Waals surface area (Å²) in [6.45, 7) is 3.56. The Bertz CT molecular complexity index is 1270. The third-order valence-electron chi connectivity index (χ3n) is 4.39. The molecule has 1 amide bonds. The summed E-state index contributed by atoms with van der Waals surface area (Å²) in [6.07, 6.45) is -8.61. The van der Waals surface area contributed by atoms with Gasteiger partial charge in [-0.25, -0.2) is 4.98 Å². The van der Waals surface area contributed by atoms with Gasteiger partial charge in [-0.3, -0.25) is 14.2 Å². The molecule has 3 rings (SSSR count). The van der Waals surface area contributed by atoms with Crippen molar-refractivity contribution >= 4 is 28.6 Å². The highest BCUT2D eigenvalue weighted by atomic mass is 32.2. The smallest absolute Gasteiger partial charge is 0.352 e. The van der Waals surface area contributed by atoms with Gasteiger partial charge in [0, 0.05) is 6.54 Å². The Morgan fingerprint density at radius 1 is 1.09 bits per heavy atom. The van der Waals surface area contributed by atoms with Crippen molar-refractivity contribution in [1.29, 1.82) is 0 Å². The van der Waals surface area contributed by atoms with E-state index in [0.717, 1.165) is 0 Å². The number of amides is 1. The number of halogens is 6. The molecule has 1 N–H and O–H groups in total. The van der Waals surface area contributed by atoms with E-state index in [4.69, 9.17) is 0 Å². The normalized spacial score (nSPS) is 12.1. The van der Waals surface area contributed by atoms with E-state index in [1.165, 1.54) is 30.3 Å². The van der Waals surface area contributed by atoms with Crippen LogP contribution in [0.1, 0.15) is 11.1 Å². The zero-order chi connectivity index (χ0) is 24.4. The van der Waals surface area contributed by atoms with Crippen molar-refractivity contribution in [2.24, 2.45) is 0 Å². The number of thioether (sulfide) groups is 1. The van der Waals surface area contributed by atoms with Gasteiger partial charge in [0.1, 0.15) is 0 Å². The number of fused-ring (bicyclic) bond motifs is 1. The minimum absolute atomic E-state index is 0.0940. The summed E-state index contributed by atoms with van der Waals surface area (Å²) < 4.78 is 81.4. The molecule has 0 atom stereocenters. The SMILES string of the molecule is C=CCNC(=O)CSc1nc2ccccc2c(=O)n1-c1cc(C(F)(F)F)ccc1C(F)(F)F. The number of nitrogens with one attached hydrogen (secondary N) is 1. The van der Waals surface area contributed by atoms with E-state index in [9.17, 15) is 35.9 Å². The number of aromatic nitrogens is 2. The molecule has 5 nitrogen and oxygen atoms in total. The lowest BCUT2D eigenvalue weighted by Crippen LogP contribution is -2.27. The molecular formula is C21H15F6N3O2S. The molecule has 12 heteroatoms. The summed E-state index contributed by atoms with van der Waals surface area (Å²) >= 11 is 0.619. The van der Waals surface area contributed by atoms with Crippen molar-refractivity contribution in [3.05, 3.63) is 76.6 Å². The monoisotopic (exact) mass is 487 g/mol. The Morgan fingerprint density at radius 2 is 1.79 bits per heavy atom. The molecule has 0 bridgehead atoms. The van der Waals surface area contributed by atoms with Gasteiger partial charge < -0.3 is 5.32 Å². The first-order valence-electron chi connectivity index (χ1n) is 9.24. The fourth-order valence-corrected chi connectivity index (χ4v) is 3.76. The lowest BCUT2D eigenvalue weighted by atomic mass is 10.1. The van der Waals surface area contributed by atoms with Crippen LogP contribution in [0.3, 0.4) is 0 Å². The third-order valence-corrected chi connectivity index (χ3v) is 5.33. The number of nitrogens with zero attached hydrogens (tertiary/aromatic N) is 2. The number of benzene rings is 2. The number of carbonyl (C=O) groups is 1. The molecule has 174 valence electrons. The number of hydrogen-bond acceptors (Lipinski definition) is 4. The van der Waals surface area contributed by atoms with Gasteiger partial charge in [-0.2, -0.15) is 26.3 Å². The van der Waals surface area contributed by atoms with E-state index in [1.807, 2.05) is 0 Å². The highest BCUT2D eigenvalue weighted by molar-refractivity contribution is 7.99. The predicted octanol–water partition coefficient (Wildman–Crippen LogP) is 4.82. The highest BCUT2D eigenvalue weighted by Gasteiger charge is 2.38. The molecule has 1 aromatic heterocycles. The molecule has 0 saturated heterocycles. The van der Waals surface area contributed by atoms with E-state index in [1.54, 1.807) is 0 Å². The summed E-state index contributed by atoms with van der Waals surface area (Å²) in [6, 6.07) is 6.53. The quantitative estimate of drug-likeness (QED) is 0.235. The molecule has 0 aliphatic rings. The lowest BCUT2D eigenvalue weighted by molar-refractivity contribution is -0.141. The lowest BCUT2D eigenvalue weighted by Gasteiger charge is -2.19. The summed E-state index contributed by atoms with van der Waals surface area (Å²) in [5, 5.41) is 2.00. The van der Waals surface area contributed by atoms with E-state index in [0.29, 0.717) is 22.4 Å². The standard InChI is InChI=1S/C21H15F6N3O2S/c1-2-9-28-17(31)11-33-19-29-15-6-4-3-5-13(15)18(32)30(19)16-10-12(20(22,23)24)7-8-14(16)21(25,26)27/h2-8,10H,1,9,11H2,(H,28,31). The molecule has 0 spiro atoms. The van der Waals surface area contributed by atoms with Crippen LogP contribution in [-0.2, 0) is 17.1 Å². The Balaban J connectivity index is 2.28. The number of hydrogen-bond donors (Lipinski definition) is 1. The van der Waals surface area contributed by atoms with Gasteiger partial charge in [0.2, 0.25) is 5.91 Å². The third kappa shape index (κ3) is 5.38. The van der Waals surface area contributed by atoms with Crippen LogP contribution in [-0.4, -0.2) is 27.8 Å². The van der Waals surface area contributed by atoms with E-state index in [2.05, 4.69) is 16.9 Å². The van der Waals surface area contributed by atoms with Gasteiger partial charge in [0.05, 0.1) is 33.5 Å². The maximum atomic E-state index is 13.7. The second kappa shape index (κ2) is 9.30. The average Bonchev–Trinajstić information content (AvgIpc) is 2.74. The molecule has 0 saturated carbocycles. The maximum absolute atomic E-state index is 13.7. The molecule has 2 aromatic carbocycles. The molecule has 0 aliphatic carbocycles. The fraction of sp³-hybridized carbons (Fsp3) is 0.190. The first-order valence-corrected chi connectivity index (χ1v) is 10.2. The van der Waals surface area contributed by atoms with Crippen LogP contribution in [0.15, 0.2) is 65.1 Å². The van der Waals surface area contributed by atoms with Crippen LogP contribution in [0.5, 0.6) is 0 Å². The highest BCUT2D eigenvalue weighted by Crippen LogP contribution is 2.38. The van der Waals surface area contributed by atoms with Gasteiger partial charge >= 0.3 is 12.4 Å². The van der Waals surface area contributed by atoms with Gasteiger partial charge in [-0.05, 0) is 30.3 Å². The Hall–Kier alpha value is -3.28. The summed E-state index contributed by atoms with van der Waals surface area (Å²) in [5.41, 5.74) is -4.74. The number of para-hydroxylation sites is 1. The molecule has 33 heavy (non-hydrogen) atoms. The van der Waals surface area contributed by atoms with Crippen molar-refractivity contribution in [3.8, 4) is 5.69 Å². The van der Waals surface area contributed by atoms with Crippen molar-refractivity contribution in [2.45, 2.75) is 17.5 Å². The number of rotatable bonds is 6. The zero-order valence-electron chi connectivity index (χ0n) is 16.6. The summed E-state index contributed by atoms with van der Waals surface area (Å²) in [4.78, 5) is 29.3. The van der Waals surface area contributed by atoms with Gasteiger partial charge in [0.15, 0.2) is 5.16 Å². The summed E-state index contributed by atoms with van der Waals surface area (Å²) in [7, 11) is 0. The molecule has 0 unspecified atom stereocenters. The number of alkyl halides is 6. The maximum Gasteiger partial charge on any atom is 0.418 e. The van der Waals surface area contributed by atoms with E-state index < -0.39 is 40.6 Å².